The van der Waals surface area contributed by atoms with E-state index in [1.165, 1.54) is 5.51 Å². The molecule has 104 valence electrons. The van der Waals surface area contributed by atoms with Gasteiger partial charge in [0.05, 0.1) is 0 Å². The highest BCUT2D eigenvalue weighted by atomic mass is 79.9. The van der Waals surface area contributed by atoms with Gasteiger partial charge in [0.15, 0.2) is 0 Å². The molecule has 20 heavy (non-hydrogen) atoms. The fraction of sp³-hybridized carbons (Fsp3) is 0.0909. The van der Waals surface area contributed by atoms with Crippen LogP contribution in [0.4, 0.5) is 5.13 Å². The Hall–Kier alpha value is -1.45. The summed E-state index contributed by atoms with van der Waals surface area (Å²) in [6, 6.07) is 5.43. The molecule has 0 atom stereocenters. The molecular formula is C11H8BrN3O3S2. The van der Waals surface area contributed by atoms with Crippen molar-refractivity contribution in [2.75, 3.05) is 11.3 Å². The second kappa shape index (κ2) is 5.15. The van der Waals surface area contributed by atoms with Crippen molar-refractivity contribution < 1.29 is 13.2 Å². The Labute approximate surface area is 127 Å². The standard InChI is InChI=1S/C11H8BrN3O3S2/c12-8-1-2-10-7(3-8)4-9(5-18-10)20(16,17)15-11-14-13-6-19-11/h1-4,6H,5H2,(H,14,15). The van der Waals surface area contributed by atoms with Gasteiger partial charge in [-0.05, 0) is 24.3 Å². The summed E-state index contributed by atoms with van der Waals surface area (Å²) in [5.74, 6) is 0.656. The molecule has 0 unspecified atom stereocenters. The number of hydrogen-bond acceptors (Lipinski definition) is 6. The maximum absolute atomic E-state index is 12.2. The predicted molar refractivity (Wildman–Crippen MR) is 80.1 cm³/mol. The molecule has 0 saturated heterocycles. The van der Waals surface area contributed by atoms with Gasteiger partial charge >= 0.3 is 0 Å². The first kappa shape index (κ1) is 13.5. The second-order valence-corrected chi connectivity index (χ2v) is 7.42. The van der Waals surface area contributed by atoms with Crippen LogP contribution in [0.2, 0.25) is 0 Å². The van der Waals surface area contributed by atoms with E-state index in [4.69, 9.17) is 4.74 Å². The number of rotatable bonds is 3. The van der Waals surface area contributed by atoms with Gasteiger partial charge in [0.1, 0.15) is 22.8 Å². The van der Waals surface area contributed by atoms with Crippen LogP contribution >= 0.6 is 27.3 Å². The average Bonchev–Trinajstić information content (AvgIpc) is 2.90. The van der Waals surface area contributed by atoms with Crippen molar-refractivity contribution in [1.29, 1.82) is 0 Å². The minimum Gasteiger partial charge on any atom is -0.487 e. The molecule has 0 saturated carbocycles. The van der Waals surface area contributed by atoms with E-state index in [0.29, 0.717) is 11.3 Å². The van der Waals surface area contributed by atoms with Crippen LogP contribution in [-0.4, -0.2) is 25.2 Å². The topological polar surface area (TPSA) is 81.2 Å². The fourth-order valence-electron chi connectivity index (χ4n) is 1.68. The van der Waals surface area contributed by atoms with Crippen LogP contribution < -0.4 is 9.46 Å². The number of nitrogens with one attached hydrogen (secondary N) is 1. The van der Waals surface area contributed by atoms with E-state index in [1.807, 2.05) is 6.07 Å². The number of benzene rings is 1. The third kappa shape index (κ3) is 2.69. The summed E-state index contributed by atoms with van der Waals surface area (Å²) in [6.45, 7) is -0.0111. The summed E-state index contributed by atoms with van der Waals surface area (Å²) in [6.07, 6.45) is 1.59. The Balaban J connectivity index is 1.95. The molecule has 0 spiro atoms. The molecule has 1 N–H and O–H groups in total. The average molecular weight is 374 g/mol. The SMILES string of the molecule is O=S(=O)(Nc1nncs1)C1=Cc2cc(Br)ccc2OC1. The van der Waals surface area contributed by atoms with Crippen molar-refractivity contribution >= 4 is 48.5 Å². The van der Waals surface area contributed by atoms with Crippen molar-refractivity contribution in [2.45, 2.75) is 0 Å². The van der Waals surface area contributed by atoms with Crippen molar-refractivity contribution in [3.63, 3.8) is 0 Å². The number of nitrogens with zero attached hydrogens (tertiary/aromatic N) is 2. The number of halogens is 1. The zero-order valence-corrected chi connectivity index (χ0v) is 13.1. The van der Waals surface area contributed by atoms with Gasteiger partial charge < -0.3 is 4.74 Å². The smallest absolute Gasteiger partial charge is 0.263 e. The maximum Gasteiger partial charge on any atom is 0.263 e. The molecule has 0 bridgehead atoms. The van der Waals surface area contributed by atoms with E-state index in [2.05, 4.69) is 30.8 Å². The van der Waals surface area contributed by atoms with Crippen molar-refractivity contribution in [1.82, 2.24) is 10.2 Å². The summed E-state index contributed by atoms with van der Waals surface area (Å²) >= 11 is 4.46. The highest BCUT2D eigenvalue weighted by Gasteiger charge is 2.23. The van der Waals surface area contributed by atoms with Crippen LogP contribution in [-0.2, 0) is 10.0 Å². The second-order valence-electron chi connectivity index (χ2n) is 3.93. The van der Waals surface area contributed by atoms with E-state index in [1.54, 1.807) is 18.2 Å². The largest absolute Gasteiger partial charge is 0.487 e. The third-order valence-electron chi connectivity index (χ3n) is 2.59. The molecule has 2 aromatic rings. The Morgan fingerprint density at radius 1 is 1.40 bits per heavy atom. The number of ether oxygens (including phenoxy) is 1. The Morgan fingerprint density at radius 3 is 3.00 bits per heavy atom. The normalized spacial score (nSPS) is 14.2. The zero-order chi connectivity index (χ0) is 14.2. The molecule has 1 aromatic heterocycles. The van der Waals surface area contributed by atoms with Gasteiger partial charge in [-0.25, -0.2) is 8.42 Å². The van der Waals surface area contributed by atoms with Crippen molar-refractivity contribution in [2.24, 2.45) is 0 Å². The molecular weight excluding hydrogens is 366 g/mol. The summed E-state index contributed by atoms with van der Waals surface area (Å²) in [4.78, 5) is 0.151. The highest BCUT2D eigenvalue weighted by Crippen LogP contribution is 2.31. The van der Waals surface area contributed by atoms with Gasteiger partial charge in [-0.1, -0.05) is 27.3 Å². The lowest BCUT2D eigenvalue weighted by Gasteiger charge is -2.18. The number of anilines is 1. The molecule has 0 fully saturated rings. The first-order valence-electron chi connectivity index (χ1n) is 5.46. The molecule has 6 nitrogen and oxygen atoms in total. The summed E-state index contributed by atoms with van der Waals surface area (Å²) in [5.41, 5.74) is 2.17. The molecule has 1 aliphatic heterocycles. The van der Waals surface area contributed by atoms with E-state index in [0.717, 1.165) is 15.8 Å². The van der Waals surface area contributed by atoms with Crippen molar-refractivity contribution in [3.8, 4) is 5.75 Å². The van der Waals surface area contributed by atoms with Gasteiger partial charge in [-0.15, -0.1) is 10.2 Å². The number of sulfonamides is 1. The van der Waals surface area contributed by atoms with E-state index < -0.39 is 10.0 Å². The van der Waals surface area contributed by atoms with Crippen LogP contribution in [0.3, 0.4) is 0 Å². The summed E-state index contributed by atoms with van der Waals surface area (Å²) < 4.78 is 33.1. The van der Waals surface area contributed by atoms with Crippen LogP contribution in [0.25, 0.3) is 6.08 Å². The molecule has 1 aliphatic rings. The lowest BCUT2D eigenvalue weighted by atomic mass is 10.1. The first-order valence-corrected chi connectivity index (χ1v) is 8.62. The Kier molecular flexibility index (Phi) is 3.48. The summed E-state index contributed by atoms with van der Waals surface area (Å²) in [7, 11) is -3.68. The minimum absolute atomic E-state index is 0.0111. The fourth-order valence-corrected chi connectivity index (χ4v) is 3.77. The maximum atomic E-state index is 12.2. The van der Waals surface area contributed by atoms with Crippen molar-refractivity contribution in [3.05, 3.63) is 38.7 Å². The van der Waals surface area contributed by atoms with Gasteiger partial charge in [0.25, 0.3) is 10.0 Å². The van der Waals surface area contributed by atoms with Gasteiger partial charge in [0.2, 0.25) is 5.13 Å². The third-order valence-corrected chi connectivity index (χ3v) is 5.20. The van der Waals surface area contributed by atoms with Gasteiger partial charge in [-0.2, -0.15) is 0 Å². The van der Waals surface area contributed by atoms with Crippen LogP contribution in [0.5, 0.6) is 5.75 Å². The molecule has 1 aromatic carbocycles. The quantitative estimate of drug-likeness (QED) is 0.893. The van der Waals surface area contributed by atoms with E-state index in [9.17, 15) is 8.42 Å². The molecule has 2 heterocycles. The highest BCUT2D eigenvalue weighted by molar-refractivity contribution is 9.10. The molecule has 0 radical (unpaired) electrons. The van der Waals surface area contributed by atoms with Crippen LogP contribution in [0, 0.1) is 0 Å². The van der Waals surface area contributed by atoms with Crippen LogP contribution in [0.1, 0.15) is 5.56 Å². The van der Waals surface area contributed by atoms with Gasteiger partial charge in [0, 0.05) is 10.0 Å². The van der Waals surface area contributed by atoms with Crippen LogP contribution in [0.15, 0.2) is 33.1 Å². The molecule has 9 heteroatoms. The monoisotopic (exact) mass is 373 g/mol. The predicted octanol–water partition coefficient (Wildman–Crippen LogP) is 2.48. The number of fused-ring (bicyclic) bond motifs is 1. The molecule has 0 aliphatic carbocycles. The molecule has 0 amide bonds. The van der Waals surface area contributed by atoms with E-state index in [-0.39, 0.29) is 16.6 Å². The molecule has 3 rings (SSSR count). The number of hydrogen-bond donors (Lipinski definition) is 1. The lowest BCUT2D eigenvalue weighted by Crippen LogP contribution is -2.21. The minimum atomic E-state index is -3.68. The summed E-state index contributed by atoms with van der Waals surface area (Å²) in [5, 5.41) is 7.47. The zero-order valence-electron chi connectivity index (χ0n) is 9.91. The van der Waals surface area contributed by atoms with Gasteiger partial charge in [-0.3, -0.25) is 4.72 Å². The lowest BCUT2D eigenvalue weighted by molar-refractivity contribution is 0.353. The number of aromatic nitrogens is 2. The van der Waals surface area contributed by atoms with E-state index >= 15 is 0 Å². The Morgan fingerprint density at radius 2 is 2.25 bits per heavy atom. The Bertz CT molecular complexity index is 772. The first-order chi connectivity index (χ1) is 9.54.